The summed E-state index contributed by atoms with van der Waals surface area (Å²) in [6.07, 6.45) is 5.88. The first-order chi connectivity index (χ1) is 13.0. The summed E-state index contributed by atoms with van der Waals surface area (Å²) in [4.78, 5) is 7.45. The largest absolute Gasteiger partial charge is 0.343 e. The zero-order chi connectivity index (χ0) is 18.6. The monoisotopic (exact) mass is 376 g/mol. The highest BCUT2D eigenvalue weighted by Gasteiger charge is 2.31. The number of hydrogen-bond donors (Lipinski definition) is 0. The molecule has 138 valence electrons. The first kappa shape index (κ1) is 16.8. The highest BCUT2D eigenvalue weighted by Crippen LogP contribution is 2.38. The molecule has 3 heterocycles. The summed E-state index contributed by atoms with van der Waals surface area (Å²) in [5.74, 6) is 0. The molecule has 0 saturated carbocycles. The Bertz CT molecular complexity index is 1140. The molecule has 4 aromatic rings. The maximum absolute atomic E-state index is 4.95. The highest BCUT2D eigenvalue weighted by molar-refractivity contribution is 7.22. The minimum atomic E-state index is 0.195. The second-order valence-corrected chi connectivity index (χ2v) is 9.19. The fraction of sp³-hybridized carbons (Fsp3) is 0.364. The molecule has 0 radical (unpaired) electrons. The number of fused-ring (bicyclic) bond motifs is 2. The van der Waals surface area contributed by atoms with Gasteiger partial charge < -0.3 is 4.90 Å². The zero-order valence-electron chi connectivity index (χ0n) is 16.1. The summed E-state index contributed by atoms with van der Waals surface area (Å²) >= 11 is 1.82. The maximum atomic E-state index is 4.95. The van der Waals surface area contributed by atoms with Crippen molar-refractivity contribution in [2.24, 2.45) is 7.05 Å². The van der Waals surface area contributed by atoms with E-state index in [1.54, 1.807) is 0 Å². The lowest BCUT2D eigenvalue weighted by molar-refractivity contribution is 0.361. The van der Waals surface area contributed by atoms with Crippen molar-refractivity contribution < 1.29 is 0 Å². The van der Waals surface area contributed by atoms with Crippen LogP contribution in [-0.2, 0) is 7.05 Å². The number of benzene rings is 2. The fourth-order valence-electron chi connectivity index (χ4n) is 4.16. The van der Waals surface area contributed by atoms with Crippen molar-refractivity contribution in [2.45, 2.75) is 38.6 Å². The quantitative estimate of drug-likeness (QED) is 0.455. The van der Waals surface area contributed by atoms with Crippen LogP contribution in [0.4, 0.5) is 5.13 Å². The van der Waals surface area contributed by atoms with Crippen LogP contribution in [0.25, 0.3) is 32.2 Å². The standard InChI is InChI=1S/C22H24N4S/c1-22(2)10-4-5-11-26(22)21-23-19-9-7-16(13-20(19)27-21)15-6-8-18-17(12-15)14-25(3)24-18/h6-9,12-14H,4-5,10-11H2,1-3H3. The Labute approximate surface area is 163 Å². The van der Waals surface area contributed by atoms with E-state index >= 15 is 0 Å². The van der Waals surface area contributed by atoms with Gasteiger partial charge in [-0.1, -0.05) is 23.5 Å². The number of aryl methyl sites for hydroxylation is 1. The summed E-state index contributed by atoms with van der Waals surface area (Å²) in [5, 5.41) is 6.81. The van der Waals surface area contributed by atoms with Crippen molar-refractivity contribution in [3.05, 3.63) is 42.6 Å². The Morgan fingerprint density at radius 3 is 2.59 bits per heavy atom. The number of nitrogens with zero attached hydrogens (tertiary/aromatic N) is 4. The van der Waals surface area contributed by atoms with Crippen LogP contribution in [0.15, 0.2) is 42.6 Å². The number of hydrogen-bond acceptors (Lipinski definition) is 4. The minimum Gasteiger partial charge on any atom is -0.343 e. The molecule has 2 aromatic heterocycles. The zero-order valence-corrected chi connectivity index (χ0v) is 16.9. The van der Waals surface area contributed by atoms with Crippen LogP contribution in [0.2, 0.25) is 0 Å². The first-order valence-electron chi connectivity index (χ1n) is 9.62. The van der Waals surface area contributed by atoms with Crippen LogP contribution < -0.4 is 4.90 Å². The molecule has 27 heavy (non-hydrogen) atoms. The number of piperidine rings is 1. The van der Waals surface area contributed by atoms with Crippen molar-refractivity contribution in [1.29, 1.82) is 0 Å². The third-order valence-corrected chi connectivity index (χ3v) is 6.75. The Morgan fingerprint density at radius 1 is 1.00 bits per heavy atom. The Morgan fingerprint density at radius 2 is 1.78 bits per heavy atom. The molecule has 0 bridgehead atoms. The molecule has 0 spiro atoms. The topological polar surface area (TPSA) is 34.0 Å². The van der Waals surface area contributed by atoms with Gasteiger partial charge in [0.2, 0.25) is 0 Å². The molecule has 5 rings (SSSR count). The number of thiazole rings is 1. The molecular formula is C22H24N4S. The van der Waals surface area contributed by atoms with E-state index in [1.165, 1.54) is 40.5 Å². The molecular weight excluding hydrogens is 352 g/mol. The lowest BCUT2D eigenvalue weighted by Gasteiger charge is -2.42. The van der Waals surface area contributed by atoms with Crippen molar-refractivity contribution in [1.82, 2.24) is 14.8 Å². The van der Waals surface area contributed by atoms with Crippen LogP contribution >= 0.6 is 11.3 Å². The van der Waals surface area contributed by atoms with Crippen molar-refractivity contribution in [2.75, 3.05) is 11.4 Å². The number of anilines is 1. The van der Waals surface area contributed by atoms with E-state index in [2.05, 4.69) is 66.4 Å². The maximum Gasteiger partial charge on any atom is 0.186 e. The summed E-state index contributed by atoms with van der Waals surface area (Å²) in [6, 6.07) is 13.1. The second-order valence-electron chi connectivity index (χ2n) is 8.18. The lowest BCUT2D eigenvalue weighted by atomic mass is 9.91. The summed E-state index contributed by atoms with van der Waals surface area (Å²) in [6.45, 7) is 5.79. The Kier molecular flexibility index (Phi) is 3.76. The van der Waals surface area contributed by atoms with E-state index in [-0.39, 0.29) is 5.54 Å². The molecule has 0 aliphatic carbocycles. The molecule has 0 atom stereocenters. The van der Waals surface area contributed by atoms with Crippen LogP contribution in [0.5, 0.6) is 0 Å². The first-order valence-corrected chi connectivity index (χ1v) is 10.4. The predicted molar refractivity (Wildman–Crippen MR) is 115 cm³/mol. The summed E-state index contributed by atoms with van der Waals surface area (Å²) in [7, 11) is 1.96. The van der Waals surface area contributed by atoms with Crippen molar-refractivity contribution in [3.8, 4) is 11.1 Å². The van der Waals surface area contributed by atoms with Gasteiger partial charge in [-0.05, 0) is 68.5 Å². The third kappa shape index (κ3) is 2.90. The molecule has 0 amide bonds. The van der Waals surface area contributed by atoms with Gasteiger partial charge in [0.1, 0.15) is 0 Å². The number of aromatic nitrogens is 3. The molecule has 1 aliphatic rings. The molecule has 1 aliphatic heterocycles. The predicted octanol–water partition coefficient (Wildman–Crippen LogP) is 5.62. The van der Waals surface area contributed by atoms with Gasteiger partial charge in [0, 0.05) is 30.7 Å². The summed E-state index contributed by atoms with van der Waals surface area (Å²) in [5.41, 5.74) is 4.80. The Balaban J connectivity index is 1.55. The van der Waals surface area contributed by atoms with Crippen molar-refractivity contribution >= 4 is 37.6 Å². The van der Waals surface area contributed by atoms with E-state index in [1.807, 2.05) is 23.1 Å². The molecule has 1 fully saturated rings. The molecule has 0 N–H and O–H groups in total. The smallest absolute Gasteiger partial charge is 0.186 e. The van der Waals surface area contributed by atoms with Gasteiger partial charge in [-0.3, -0.25) is 4.68 Å². The van der Waals surface area contributed by atoms with E-state index < -0.39 is 0 Å². The van der Waals surface area contributed by atoms with Gasteiger partial charge in [0.05, 0.1) is 15.7 Å². The van der Waals surface area contributed by atoms with E-state index in [0.29, 0.717) is 0 Å². The summed E-state index contributed by atoms with van der Waals surface area (Å²) < 4.78 is 3.13. The third-order valence-electron chi connectivity index (χ3n) is 5.71. The van der Waals surface area contributed by atoms with Gasteiger partial charge >= 0.3 is 0 Å². The average molecular weight is 377 g/mol. The number of rotatable bonds is 2. The molecule has 4 nitrogen and oxygen atoms in total. The van der Waals surface area contributed by atoms with Crippen LogP contribution in [0.3, 0.4) is 0 Å². The highest BCUT2D eigenvalue weighted by atomic mass is 32.1. The van der Waals surface area contributed by atoms with Gasteiger partial charge in [-0.2, -0.15) is 5.10 Å². The van der Waals surface area contributed by atoms with E-state index in [4.69, 9.17) is 4.98 Å². The van der Waals surface area contributed by atoms with Gasteiger partial charge in [0.25, 0.3) is 0 Å². The Hall–Kier alpha value is -2.40. The van der Waals surface area contributed by atoms with Gasteiger partial charge in [0.15, 0.2) is 5.13 Å². The lowest BCUT2D eigenvalue weighted by Crippen LogP contribution is -2.47. The normalized spacial score (nSPS) is 17.1. The fourth-order valence-corrected chi connectivity index (χ4v) is 5.35. The van der Waals surface area contributed by atoms with Crippen LogP contribution in [0.1, 0.15) is 33.1 Å². The van der Waals surface area contributed by atoms with E-state index in [9.17, 15) is 0 Å². The van der Waals surface area contributed by atoms with Gasteiger partial charge in [-0.15, -0.1) is 0 Å². The SMILES string of the molecule is Cn1cc2cc(-c3ccc4nc(N5CCCCC5(C)C)sc4c3)ccc2n1. The second kappa shape index (κ2) is 6.06. The van der Waals surface area contributed by atoms with Crippen LogP contribution in [-0.4, -0.2) is 26.8 Å². The molecule has 5 heteroatoms. The average Bonchev–Trinajstić information content (AvgIpc) is 3.21. The van der Waals surface area contributed by atoms with Gasteiger partial charge in [-0.25, -0.2) is 4.98 Å². The minimum absolute atomic E-state index is 0.195. The van der Waals surface area contributed by atoms with Crippen LogP contribution in [0, 0.1) is 0 Å². The molecule has 2 aromatic carbocycles. The molecule has 0 unspecified atom stereocenters. The van der Waals surface area contributed by atoms with Crippen molar-refractivity contribution in [3.63, 3.8) is 0 Å². The van der Waals surface area contributed by atoms with E-state index in [0.717, 1.165) is 22.7 Å². The molecule has 1 saturated heterocycles.